The van der Waals surface area contributed by atoms with Crippen molar-refractivity contribution in [3.63, 3.8) is 0 Å². The largest absolute Gasteiger partial charge is 0.361 e. The highest BCUT2D eigenvalue weighted by atomic mass is 79.9. The first-order valence-electron chi connectivity index (χ1n) is 5.73. The fourth-order valence-corrected chi connectivity index (χ4v) is 3.21. The van der Waals surface area contributed by atoms with Crippen molar-refractivity contribution in [2.24, 2.45) is 0 Å². The molecule has 9 heteroatoms. The van der Waals surface area contributed by atoms with Crippen LogP contribution in [0.2, 0.25) is 0 Å². The highest BCUT2D eigenvalue weighted by Crippen LogP contribution is 2.30. The Hall–Kier alpha value is -0.440. The zero-order valence-electron chi connectivity index (χ0n) is 10.5. The van der Waals surface area contributed by atoms with Crippen molar-refractivity contribution in [2.75, 3.05) is 18.6 Å². The van der Waals surface area contributed by atoms with E-state index in [9.17, 15) is 4.79 Å². The molecule has 0 radical (unpaired) electrons. The molecule has 106 valence electrons. The number of urea groups is 1. The van der Waals surface area contributed by atoms with Crippen molar-refractivity contribution >= 4 is 50.0 Å². The first-order valence-corrected chi connectivity index (χ1v) is 8.00. The summed E-state index contributed by atoms with van der Waals surface area (Å²) in [6.45, 7) is 2.55. The van der Waals surface area contributed by atoms with Gasteiger partial charge >= 0.3 is 6.03 Å². The maximum atomic E-state index is 12.5. The van der Waals surface area contributed by atoms with Crippen molar-refractivity contribution in [3.8, 4) is 0 Å². The Morgan fingerprint density at radius 3 is 2.89 bits per heavy atom. The molecule has 1 aliphatic rings. The SMILES string of the molecule is COC1CCN(C(C)Br)C(=O)N1c1nnc(CCl)s1. The summed E-state index contributed by atoms with van der Waals surface area (Å²) in [6.07, 6.45) is 0.402. The third-order valence-electron chi connectivity index (χ3n) is 2.83. The number of hydrogen-bond acceptors (Lipinski definition) is 5. The van der Waals surface area contributed by atoms with E-state index in [4.69, 9.17) is 16.3 Å². The number of carbonyl (C=O) groups excluding carboxylic acids is 1. The van der Waals surface area contributed by atoms with Crippen LogP contribution in [-0.4, -0.2) is 46.0 Å². The molecule has 1 saturated heterocycles. The molecule has 0 spiro atoms. The summed E-state index contributed by atoms with van der Waals surface area (Å²) in [6, 6.07) is -0.139. The van der Waals surface area contributed by atoms with E-state index >= 15 is 0 Å². The summed E-state index contributed by atoms with van der Waals surface area (Å²) in [7, 11) is 1.58. The summed E-state index contributed by atoms with van der Waals surface area (Å²) >= 11 is 10.4. The Balaban J connectivity index is 2.28. The molecule has 0 aliphatic carbocycles. The van der Waals surface area contributed by atoms with Gasteiger partial charge in [0.2, 0.25) is 5.13 Å². The van der Waals surface area contributed by atoms with Crippen LogP contribution in [0.3, 0.4) is 0 Å². The number of halogens is 2. The maximum Gasteiger partial charge on any atom is 0.329 e. The van der Waals surface area contributed by atoms with Gasteiger partial charge in [0.1, 0.15) is 11.2 Å². The van der Waals surface area contributed by atoms with Crippen molar-refractivity contribution < 1.29 is 9.53 Å². The number of amides is 2. The highest BCUT2D eigenvalue weighted by molar-refractivity contribution is 9.09. The third kappa shape index (κ3) is 3.01. The Bertz CT molecular complexity index is 458. The lowest BCUT2D eigenvalue weighted by atomic mass is 10.2. The van der Waals surface area contributed by atoms with Gasteiger partial charge in [-0.2, -0.15) is 0 Å². The summed E-state index contributed by atoms with van der Waals surface area (Å²) in [5.41, 5.74) is 0. The highest BCUT2D eigenvalue weighted by Gasteiger charge is 2.37. The molecule has 0 saturated carbocycles. The summed E-state index contributed by atoms with van der Waals surface area (Å²) in [5.74, 6) is 0.288. The number of rotatable bonds is 4. The Kier molecular flexibility index (Phi) is 4.99. The normalized spacial score (nSPS) is 21.9. The first-order chi connectivity index (χ1) is 9.08. The molecule has 2 amide bonds. The number of ether oxygens (including phenoxy) is 1. The van der Waals surface area contributed by atoms with Gasteiger partial charge in [-0.15, -0.1) is 21.8 Å². The average molecular weight is 370 g/mol. The molecular weight excluding hydrogens is 356 g/mol. The topological polar surface area (TPSA) is 58.6 Å². The van der Waals surface area contributed by atoms with E-state index in [-0.39, 0.29) is 23.1 Å². The number of alkyl halides is 2. The van der Waals surface area contributed by atoms with E-state index in [1.54, 1.807) is 12.0 Å². The van der Waals surface area contributed by atoms with Crippen LogP contribution >= 0.6 is 38.9 Å². The molecule has 2 atom stereocenters. The van der Waals surface area contributed by atoms with Crippen molar-refractivity contribution in [3.05, 3.63) is 5.01 Å². The standard InChI is InChI=1S/C10H14BrClN4O2S/c1-6(11)15-4-3-8(18-2)16(10(15)17)9-14-13-7(5-12)19-9/h6,8H,3-5H2,1-2H3. The molecule has 0 aromatic carbocycles. The molecule has 6 nitrogen and oxygen atoms in total. The number of anilines is 1. The van der Waals surface area contributed by atoms with Crippen molar-refractivity contribution in [1.29, 1.82) is 0 Å². The summed E-state index contributed by atoms with van der Waals surface area (Å²) in [5, 5.41) is 9.16. The summed E-state index contributed by atoms with van der Waals surface area (Å²) < 4.78 is 5.37. The molecule has 1 aliphatic heterocycles. The van der Waals surface area contributed by atoms with Crippen LogP contribution < -0.4 is 4.90 Å². The number of hydrogen-bond donors (Lipinski definition) is 0. The van der Waals surface area contributed by atoms with E-state index in [0.717, 1.165) is 0 Å². The lowest BCUT2D eigenvalue weighted by molar-refractivity contribution is 0.0649. The Morgan fingerprint density at radius 2 is 2.37 bits per heavy atom. The number of carbonyl (C=O) groups is 1. The fraction of sp³-hybridized carbons (Fsp3) is 0.700. The van der Waals surface area contributed by atoms with E-state index in [1.807, 2.05) is 6.92 Å². The van der Waals surface area contributed by atoms with Gasteiger partial charge in [-0.25, -0.2) is 9.69 Å². The van der Waals surface area contributed by atoms with Crippen LogP contribution in [-0.2, 0) is 10.6 Å². The smallest absolute Gasteiger partial charge is 0.329 e. The van der Waals surface area contributed by atoms with E-state index < -0.39 is 0 Å². The van der Waals surface area contributed by atoms with Crippen LogP contribution in [0.4, 0.5) is 9.93 Å². The quantitative estimate of drug-likeness (QED) is 0.605. The molecule has 2 heterocycles. The van der Waals surface area contributed by atoms with Gasteiger partial charge in [0.25, 0.3) is 0 Å². The number of nitrogens with zero attached hydrogens (tertiary/aromatic N) is 4. The minimum absolute atomic E-state index is 0.0410. The molecule has 0 N–H and O–H groups in total. The Morgan fingerprint density at radius 1 is 1.63 bits per heavy atom. The van der Waals surface area contributed by atoms with Gasteiger partial charge in [-0.1, -0.05) is 27.3 Å². The maximum absolute atomic E-state index is 12.5. The van der Waals surface area contributed by atoms with Gasteiger partial charge in [0.05, 0.1) is 10.8 Å². The first kappa shape index (κ1) is 15.0. The fourth-order valence-electron chi connectivity index (χ4n) is 1.89. The molecule has 1 aromatic heterocycles. The average Bonchev–Trinajstić information content (AvgIpc) is 2.86. The van der Waals surface area contributed by atoms with Crippen LogP contribution in [0.5, 0.6) is 0 Å². The van der Waals surface area contributed by atoms with Crippen molar-refractivity contribution in [2.45, 2.75) is 30.4 Å². The van der Waals surface area contributed by atoms with Crippen LogP contribution in [0, 0.1) is 0 Å². The second kappa shape index (κ2) is 6.34. The second-order valence-corrected chi connectivity index (χ2v) is 6.64. The van der Waals surface area contributed by atoms with E-state index in [2.05, 4.69) is 26.1 Å². The zero-order chi connectivity index (χ0) is 14.0. The molecular formula is C10H14BrClN4O2S. The lowest BCUT2D eigenvalue weighted by Crippen LogP contribution is -2.56. The van der Waals surface area contributed by atoms with E-state index in [1.165, 1.54) is 16.2 Å². The van der Waals surface area contributed by atoms with Gasteiger partial charge in [0, 0.05) is 20.1 Å². The van der Waals surface area contributed by atoms with Crippen LogP contribution in [0.15, 0.2) is 0 Å². The van der Waals surface area contributed by atoms with Gasteiger partial charge < -0.3 is 9.64 Å². The third-order valence-corrected chi connectivity index (χ3v) is 4.66. The second-order valence-electron chi connectivity index (χ2n) is 4.01. The van der Waals surface area contributed by atoms with Crippen molar-refractivity contribution in [1.82, 2.24) is 15.1 Å². The Labute approximate surface area is 128 Å². The number of methoxy groups -OCH3 is 1. The molecule has 2 rings (SSSR count). The molecule has 19 heavy (non-hydrogen) atoms. The monoisotopic (exact) mass is 368 g/mol. The number of aromatic nitrogens is 2. The minimum atomic E-state index is -0.314. The minimum Gasteiger partial charge on any atom is -0.361 e. The van der Waals surface area contributed by atoms with Gasteiger partial charge in [0.15, 0.2) is 0 Å². The zero-order valence-corrected chi connectivity index (χ0v) is 13.7. The van der Waals surface area contributed by atoms with Crippen LogP contribution in [0.25, 0.3) is 0 Å². The van der Waals surface area contributed by atoms with E-state index in [0.29, 0.717) is 23.1 Å². The predicted octanol–water partition coefficient (Wildman–Crippen LogP) is 2.62. The van der Waals surface area contributed by atoms with Crippen LogP contribution in [0.1, 0.15) is 18.4 Å². The van der Waals surface area contributed by atoms with Gasteiger partial charge in [-0.3, -0.25) is 0 Å². The summed E-state index contributed by atoms with van der Waals surface area (Å²) in [4.78, 5) is 15.7. The molecule has 2 unspecified atom stereocenters. The molecule has 1 aromatic rings. The lowest BCUT2D eigenvalue weighted by Gasteiger charge is -2.40. The molecule has 1 fully saturated rings. The molecule has 0 bridgehead atoms. The van der Waals surface area contributed by atoms with Gasteiger partial charge in [-0.05, 0) is 6.92 Å². The predicted molar refractivity (Wildman–Crippen MR) is 77.9 cm³/mol.